The third-order valence-corrected chi connectivity index (χ3v) is 7.67. The minimum absolute atomic E-state index is 0.110. The molecular formula is C31H29N5O3S. The van der Waals surface area contributed by atoms with Crippen LogP contribution in [0.15, 0.2) is 75.9 Å². The molecule has 0 saturated carbocycles. The number of aromatic nitrogens is 2. The highest BCUT2D eigenvalue weighted by molar-refractivity contribution is 7.12. The van der Waals surface area contributed by atoms with Crippen molar-refractivity contribution in [2.24, 2.45) is 11.7 Å². The molecule has 0 radical (unpaired) electrons. The SMILES string of the molecule is CC(C)C(c1oc2cc(C#N)ccc2c(=O)c1Cc1ccccc1)N(CCCN)C(=O)c1ccc2snnc2c1. The van der Waals surface area contributed by atoms with E-state index in [0.29, 0.717) is 64.9 Å². The Labute approximate surface area is 235 Å². The van der Waals surface area contributed by atoms with E-state index in [1.807, 2.05) is 50.2 Å². The van der Waals surface area contributed by atoms with E-state index in [1.165, 1.54) is 11.5 Å². The van der Waals surface area contributed by atoms with Crippen LogP contribution in [0.2, 0.25) is 0 Å². The van der Waals surface area contributed by atoms with E-state index < -0.39 is 6.04 Å². The molecule has 0 aliphatic heterocycles. The van der Waals surface area contributed by atoms with Crippen molar-refractivity contribution in [2.75, 3.05) is 13.1 Å². The van der Waals surface area contributed by atoms with Crippen LogP contribution in [-0.4, -0.2) is 33.5 Å². The lowest BCUT2D eigenvalue weighted by atomic mass is 9.91. The Morgan fingerprint density at radius 3 is 2.65 bits per heavy atom. The summed E-state index contributed by atoms with van der Waals surface area (Å²) in [5.74, 6) is 0.107. The molecule has 3 aromatic carbocycles. The fourth-order valence-electron chi connectivity index (χ4n) is 5.04. The average Bonchev–Trinajstić information content (AvgIpc) is 3.44. The fourth-order valence-corrected chi connectivity index (χ4v) is 5.58. The van der Waals surface area contributed by atoms with Crippen LogP contribution in [0.4, 0.5) is 0 Å². The molecule has 8 nitrogen and oxygen atoms in total. The van der Waals surface area contributed by atoms with Gasteiger partial charge in [-0.15, -0.1) is 5.10 Å². The van der Waals surface area contributed by atoms with Crippen molar-refractivity contribution in [1.29, 1.82) is 5.26 Å². The van der Waals surface area contributed by atoms with Gasteiger partial charge in [0.25, 0.3) is 5.91 Å². The summed E-state index contributed by atoms with van der Waals surface area (Å²) in [6, 6.07) is 21.5. The van der Waals surface area contributed by atoms with Crippen LogP contribution in [-0.2, 0) is 6.42 Å². The van der Waals surface area contributed by atoms with Gasteiger partial charge in [0.15, 0.2) is 5.43 Å². The van der Waals surface area contributed by atoms with Gasteiger partial charge in [0.1, 0.15) is 16.9 Å². The smallest absolute Gasteiger partial charge is 0.254 e. The van der Waals surface area contributed by atoms with Crippen molar-refractivity contribution in [3.8, 4) is 6.07 Å². The van der Waals surface area contributed by atoms with Crippen LogP contribution in [0.5, 0.6) is 0 Å². The normalized spacial score (nSPS) is 12.1. The molecule has 2 heterocycles. The number of nitriles is 1. The molecule has 0 bridgehead atoms. The fraction of sp³-hybridized carbons (Fsp3) is 0.258. The van der Waals surface area contributed by atoms with Crippen molar-refractivity contribution in [1.82, 2.24) is 14.5 Å². The molecule has 0 aliphatic carbocycles. The number of amides is 1. The number of carbonyl (C=O) groups excluding carboxylic acids is 1. The topological polar surface area (TPSA) is 126 Å². The Balaban J connectivity index is 1.71. The second-order valence-corrected chi connectivity index (χ2v) is 10.8. The standard InChI is InChI=1S/C31H29N5O3S/c1-19(2)28(36(14-6-13-32)31(38)22-10-12-27-25(17-22)34-35-40-27)30-24(15-20-7-4-3-5-8-20)29(37)23-11-9-21(18-33)16-26(23)39-30/h3-5,7-12,16-17,19,28H,6,13-15,32H2,1-2H3. The predicted octanol–water partition coefficient (Wildman–Crippen LogP) is 5.45. The Morgan fingerprint density at radius 2 is 1.93 bits per heavy atom. The number of nitrogens with zero attached hydrogens (tertiary/aromatic N) is 4. The number of benzene rings is 3. The zero-order chi connectivity index (χ0) is 28.2. The molecule has 0 saturated heterocycles. The summed E-state index contributed by atoms with van der Waals surface area (Å²) in [5.41, 5.74) is 9.01. The van der Waals surface area contributed by atoms with Crippen LogP contribution in [0.25, 0.3) is 21.2 Å². The lowest BCUT2D eigenvalue weighted by molar-refractivity contribution is 0.0587. The van der Waals surface area contributed by atoms with Gasteiger partial charge >= 0.3 is 0 Å². The Morgan fingerprint density at radius 1 is 1.12 bits per heavy atom. The van der Waals surface area contributed by atoms with Crippen LogP contribution >= 0.6 is 11.5 Å². The summed E-state index contributed by atoms with van der Waals surface area (Å²) in [6.45, 7) is 4.77. The van der Waals surface area contributed by atoms with Gasteiger partial charge in [-0.3, -0.25) is 9.59 Å². The molecule has 5 aromatic rings. The van der Waals surface area contributed by atoms with Gasteiger partial charge < -0.3 is 15.1 Å². The van der Waals surface area contributed by atoms with Gasteiger partial charge in [0.05, 0.1) is 27.8 Å². The first-order chi connectivity index (χ1) is 19.4. The molecule has 1 unspecified atom stereocenters. The molecule has 0 aliphatic rings. The van der Waals surface area contributed by atoms with Gasteiger partial charge in [-0.2, -0.15) is 5.26 Å². The van der Waals surface area contributed by atoms with E-state index in [4.69, 9.17) is 10.2 Å². The zero-order valence-corrected chi connectivity index (χ0v) is 23.1. The quantitative estimate of drug-likeness (QED) is 0.258. The molecule has 40 heavy (non-hydrogen) atoms. The van der Waals surface area contributed by atoms with Gasteiger partial charge in [0.2, 0.25) is 0 Å². The Kier molecular flexibility index (Phi) is 8.01. The lowest BCUT2D eigenvalue weighted by Gasteiger charge is -2.35. The maximum absolute atomic E-state index is 14.1. The lowest BCUT2D eigenvalue weighted by Crippen LogP contribution is -2.40. The van der Waals surface area contributed by atoms with E-state index in [0.717, 1.165) is 10.3 Å². The van der Waals surface area contributed by atoms with Crippen LogP contribution in [0, 0.1) is 17.2 Å². The van der Waals surface area contributed by atoms with Crippen molar-refractivity contribution < 1.29 is 9.21 Å². The molecule has 2 N–H and O–H groups in total. The molecule has 2 aromatic heterocycles. The highest BCUT2D eigenvalue weighted by Crippen LogP contribution is 2.35. The molecule has 0 spiro atoms. The number of fused-ring (bicyclic) bond motifs is 2. The Hall–Kier alpha value is -4.39. The summed E-state index contributed by atoms with van der Waals surface area (Å²) in [5, 5.41) is 14.0. The molecule has 0 fully saturated rings. The number of carbonyl (C=O) groups is 1. The minimum atomic E-state index is -0.565. The second-order valence-electron chi connectivity index (χ2n) is 10.0. The van der Waals surface area contributed by atoms with Gasteiger partial charge in [-0.05, 0) is 72.4 Å². The van der Waals surface area contributed by atoms with E-state index in [9.17, 15) is 14.9 Å². The predicted molar refractivity (Wildman–Crippen MR) is 156 cm³/mol. The highest BCUT2D eigenvalue weighted by atomic mass is 32.1. The average molecular weight is 552 g/mol. The van der Waals surface area contributed by atoms with Crippen molar-refractivity contribution in [3.63, 3.8) is 0 Å². The number of hydrogen-bond donors (Lipinski definition) is 1. The third kappa shape index (κ3) is 5.37. The first-order valence-corrected chi connectivity index (χ1v) is 14.0. The number of hydrogen-bond acceptors (Lipinski definition) is 8. The van der Waals surface area contributed by atoms with Crippen LogP contribution in [0.1, 0.15) is 59.1 Å². The molecule has 1 amide bonds. The molecular weight excluding hydrogens is 522 g/mol. The van der Waals surface area contributed by atoms with Crippen molar-refractivity contribution in [2.45, 2.75) is 32.7 Å². The van der Waals surface area contributed by atoms with Crippen LogP contribution in [0.3, 0.4) is 0 Å². The molecule has 5 rings (SSSR count). The third-order valence-electron chi connectivity index (χ3n) is 6.96. The number of rotatable bonds is 9. The first-order valence-electron chi connectivity index (χ1n) is 13.2. The minimum Gasteiger partial charge on any atom is -0.458 e. The summed E-state index contributed by atoms with van der Waals surface area (Å²) in [7, 11) is 0. The summed E-state index contributed by atoms with van der Waals surface area (Å²) >= 11 is 1.27. The van der Waals surface area contributed by atoms with Gasteiger partial charge in [0, 0.05) is 24.1 Å². The van der Waals surface area contributed by atoms with Crippen LogP contribution < -0.4 is 11.2 Å². The van der Waals surface area contributed by atoms with E-state index >= 15 is 0 Å². The maximum atomic E-state index is 14.1. The second kappa shape index (κ2) is 11.8. The van der Waals surface area contributed by atoms with Gasteiger partial charge in [-0.1, -0.05) is 48.7 Å². The molecule has 202 valence electrons. The Bertz CT molecular complexity index is 1770. The molecule has 9 heteroatoms. The zero-order valence-electron chi connectivity index (χ0n) is 22.3. The highest BCUT2D eigenvalue weighted by Gasteiger charge is 2.34. The molecule has 1 atom stereocenters. The summed E-state index contributed by atoms with van der Waals surface area (Å²) < 4.78 is 11.4. The van der Waals surface area contributed by atoms with Gasteiger partial charge in [-0.25, -0.2) is 0 Å². The van der Waals surface area contributed by atoms with E-state index in [1.54, 1.807) is 35.2 Å². The largest absolute Gasteiger partial charge is 0.458 e. The van der Waals surface area contributed by atoms with E-state index in [2.05, 4.69) is 15.7 Å². The first kappa shape index (κ1) is 27.2. The monoisotopic (exact) mass is 551 g/mol. The van der Waals surface area contributed by atoms with E-state index in [-0.39, 0.29) is 17.3 Å². The number of nitrogens with two attached hydrogens (primary N) is 1. The summed E-state index contributed by atoms with van der Waals surface area (Å²) in [4.78, 5) is 29.9. The van der Waals surface area contributed by atoms with Crippen molar-refractivity contribution >= 4 is 38.6 Å². The summed E-state index contributed by atoms with van der Waals surface area (Å²) in [6.07, 6.45) is 0.910. The van der Waals surface area contributed by atoms with Crippen molar-refractivity contribution in [3.05, 3.63) is 105 Å². The maximum Gasteiger partial charge on any atom is 0.254 e.